The van der Waals surface area contributed by atoms with Crippen LogP contribution in [-0.4, -0.2) is 31.8 Å². The molecule has 1 aliphatic heterocycles. The third-order valence-electron chi connectivity index (χ3n) is 3.75. The summed E-state index contributed by atoms with van der Waals surface area (Å²) < 4.78 is 10.7. The first kappa shape index (κ1) is 15.8. The van der Waals surface area contributed by atoms with E-state index in [1.165, 1.54) is 0 Å². The van der Waals surface area contributed by atoms with Crippen molar-refractivity contribution in [2.45, 2.75) is 32.4 Å². The molecule has 0 radical (unpaired) electrons. The number of benzene rings is 1. The number of hydrogen-bond acceptors (Lipinski definition) is 4. The minimum absolute atomic E-state index is 0.0938. The van der Waals surface area contributed by atoms with Crippen LogP contribution in [0.15, 0.2) is 24.3 Å². The quantitative estimate of drug-likeness (QED) is 0.832. The van der Waals surface area contributed by atoms with E-state index < -0.39 is 6.04 Å². The molecule has 3 N–H and O–H groups in total. The van der Waals surface area contributed by atoms with Crippen LogP contribution in [0.3, 0.4) is 0 Å². The zero-order valence-electron chi connectivity index (χ0n) is 12.5. The monoisotopic (exact) mass is 292 g/mol. The van der Waals surface area contributed by atoms with Crippen molar-refractivity contribution < 1.29 is 14.3 Å². The molecular weight excluding hydrogens is 268 g/mol. The Balaban J connectivity index is 1.83. The number of hydrogen-bond donors (Lipinski definition) is 2. The van der Waals surface area contributed by atoms with Crippen LogP contribution in [0.1, 0.15) is 25.3 Å². The van der Waals surface area contributed by atoms with E-state index in [4.69, 9.17) is 15.2 Å². The summed E-state index contributed by atoms with van der Waals surface area (Å²) in [5.41, 5.74) is 7.05. The van der Waals surface area contributed by atoms with Crippen molar-refractivity contribution in [1.29, 1.82) is 0 Å². The molecule has 116 valence electrons. The van der Waals surface area contributed by atoms with Crippen LogP contribution >= 0.6 is 0 Å². The second-order valence-electron chi connectivity index (χ2n) is 5.27. The van der Waals surface area contributed by atoms with E-state index in [1.54, 1.807) is 0 Å². The van der Waals surface area contributed by atoms with Gasteiger partial charge in [-0.05, 0) is 43.4 Å². The molecule has 2 rings (SSSR count). The Hall–Kier alpha value is -1.59. The Kier molecular flexibility index (Phi) is 6.02. The summed E-state index contributed by atoms with van der Waals surface area (Å²) in [6, 6.07) is 7.27. The molecule has 0 aliphatic carbocycles. The molecule has 1 aromatic carbocycles. The van der Waals surface area contributed by atoms with Crippen LogP contribution in [-0.2, 0) is 16.1 Å². The molecule has 1 aromatic rings. The summed E-state index contributed by atoms with van der Waals surface area (Å²) in [6.07, 6.45) is 1.71. The molecule has 5 nitrogen and oxygen atoms in total. The van der Waals surface area contributed by atoms with Crippen molar-refractivity contribution in [3.63, 3.8) is 0 Å². The summed E-state index contributed by atoms with van der Waals surface area (Å²) in [4.78, 5) is 12.1. The van der Waals surface area contributed by atoms with Crippen LogP contribution in [0.4, 0.5) is 0 Å². The lowest BCUT2D eigenvalue weighted by molar-refractivity contribution is -0.124. The number of nitrogens with two attached hydrogens (primary N) is 1. The van der Waals surface area contributed by atoms with Gasteiger partial charge in [-0.15, -0.1) is 0 Å². The van der Waals surface area contributed by atoms with Gasteiger partial charge in [-0.25, -0.2) is 0 Å². The topological polar surface area (TPSA) is 73.6 Å². The lowest BCUT2D eigenvalue weighted by atomic mass is 9.92. The number of carbonyl (C=O) groups excluding carboxylic acids is 1. The molecule has 1 atom stereocenters. The van der Waals surface area contributed by atoms with E-state index >= 15 is 0 Å². The highest BCUT2D eigenvalue weighted by atomic mass is 16.5. The van der Waals surface area contributed by atoms with Crippen LogP contribution in [0.2, 0.25) is 0 Å². The average Bonchev–Trinajstić information content (AvgIpc) is 2.53. The molecule has 0 aromatic heterocycles. The summed E-state index contributed by atoms with van der Waals surface area (Å²) >= 11 is 0. The van der Waals surface area contributed by atoms with Crippen LogP contribution in [0.5, 0.6) is 5.75 Å². The van der Waals surface area contributed by atoms with Gasteiger partial charge in [0.1, 0.15) is 5.75 Å². The molecular formula is C16H24N2O3. The van der Waals surface area contributed by atoms with Crippen molar-refractivity contribution in [3.8, 4) is 5.75 Å². The van der Waals surface area contributed by atoms with E-state index in [0.29, 0.717) is 26.4 Å². The number of ether oxygens (including phenoxy) is 2. The van der Waals surface area contributed by atoms with E-state index in [0.717, 1.165) is 24.2 Å². The van der Waals surface area contributed by atoms with Crippen molar-refractivity contribution >= 4 is 5.91 Å². The minimum Gasteiger partial charge on any atom is -0.494 e. The summed E-state index contributed by atoms with van der Waals surface area (Å²) in [6.45, 7) is 4.44. The van der Waals surface area contributed by atoms with Gasteiger partial charge in [0.2, 0.25) is 5.91 Å². The largest absolute Gasteiger partial charge is 0.494 e. The van der Waals surface area contributed by atoms with Crippen LogP contribution in [0, 0.1) is 5.92 Å². The highest BCUT2D eigenvalue weighted by Gasteiger charge is 2.26. The fraction of sp³-hybridized carbons (Fsp3) is 0.562. The highest BCUT2D eigenvalue weighted by Crippen LogP contribution is 2.18. The van der Waals surface area contributed by atoms with Crippen molar-refractivity contribution in [2.24, 2.45) is 11.7 Å². The number of rotatable bonds is 6. The van der Waals surface area contributed by atoms with Crippen molar-refractivity contribution in [1.82, 2.24) is 5.32 Å². The Morgan fingerprint density at radius 3 is 2.95 bits per heavy atom. The molecule has 1 fully saturated rings. The average molecular weight is 292 g/mol. The molecule has 1 unspecified atom stereocenters. The summed E-state index contributed by atoms with van der Waals surface area (Å²) in [5, 5.41) is 2.91. The van der Waals surface area contributed by atoms with E-state index in [-0.39, 0.29) is 11.8 Å². The second kappa shape index (κ2) is 8.00. The first-order chi connectivity index (χ1) is 10.2. The lowest BCUT2D eigenvalue weighted by Gasteiger charge is -2.26. The molecule has 1 aliphatic rings. The van der Waals surface area contributed by atoms with Crippen molar-refractivity contribution in [3.05, 3.63) is 29.8 Å². The molecule has 0 saturated carbocycles. The van der Waals surface area contributed by atoms with Gasteiger partial charge in [-0.1, -0.05) is 12.1 Å². The maximum Gasteiger partial charge on any atom is 0.237 e. The summed E-state index contributed by atoms with van der Waals surface area (Å²) in [5.74, 6) is 0.940. The molecule has 1 saturated heterocycles. The lowest BCUT2D eigenvalue weighted by Crippen LogP contribution is -2.46. The third kappa shape index (κ3) is 4.72. The van der Waals surface area contributed by atoms with Crippen LogP contribution in [0.25, 0.3) is 0 Å². The molecule has 5 heteroatoms. The number of carbonyl (C=O) groups is 1. The molecule has 0 bridgehead atoms. The fourth-order valence-corrected chi connectivity index (χ4v) is 2.51. The second-order valence-corrected chi connectivity index (χ2v) is 5.27. The SMILES string of the molecule is CCOc1cccc(CNC(=O)C(N)C2CCOCC2)c1. The normalized spacial score (nSPS) is 17.2. The Labute approximate surface area is 125 Å². The Morgan fingerprint density at radius 2 is 2.24 bits per heavy atom. The zero-order chi connectivity index (χ0) is 15.1. The first-order valence-corrected chi connectivity index (χ1v) is 7.53. The zero-order valence-corrected chi connectivity index (χ0v) is 12.5. The Morgan fingerprint density at radius 1 is 1.48 bits per heavy atom. The smallest absolute Gasteiger partial charge is 0.237 e. The predicted molar refractivity (Wildman–Crippen MR) is 81.0 cm³/mol. The third-order valence-corrected chi connectivity index (χ3v) is 3.75. The maximum absolute atomic E-state index is 12.1. The molecule has 21 heavy (non-hydrogen) atoms. The standard InChI is InChI=1S/C16H24N2O3/c1-2-21-14-5-3-4-12(10-14)11-18-16(19)15(17)13-6-8-20-9-7-13/h3-5,10,13,15H,2,6-9,11,17H2,1H3,(H,18,19). The first-order valence-electron chi connectivity index (χ1n) is 7.53. The number of nitrogens with one attached hydrogen (secondary N) is 1. The Bertz CT molecular complexity index is 459. The minimum atomic E-state index is -0.455. The van der Waals surface area contributed by atoms with E-state index in [1.807, 2.05) is 31.2 Å². The molecule has 1 heterocycles. The maximum atomic E-state index is 12.1. The molecule has 0 spiro atoms. The van der Waals surface area contributed by atoms with E-state index in [9.17, 15) is 4.79 Å². The number of amides is 1. The van der Waals surface area contributed by atoms with Gasteiger partial charge >= 0.3 is 0 Å². The van der Waals surface area contributed by atoms with Gasteiger partial charge in [0.15, 0.2) is 0 Å². The van der Waals surface area contributed by atoms with Crippen molar-refractivity contribution in [2.75, 3.05) is 19.8 Å². The van der Waals surface area contributed by atoms with Gasteiger partial charge in [0.25, 0.3) is 0 Å². The van der Waals surface area contributed by atoms with Gasteiger partial charge in [-0.2, -0.15) is 0 Å². The van der Waals surface area contributed by atoms with Gasteiger partial charge < -0.3 is 20.5 Å². The van der Waals surface area contributed by atoms with Gasteiger partial charge in [-0.3, -0.25) is 4.79 Å². The van der Waals surface area contributed by atoms with Gasteiger partial charge in [0.05, 0.1) is 12.6 Å². The summed E-state index contributed by atoms with van der Waals surface area (Å²) in [7, 11) is 0. The molecule has 1 amide bonds. The van der Waals surface area contributed by atoms with Gasteiger partial charge in [0, 0.05) is 19.8 Å². The fourth-order valence-electron chi connectivity index (χ4n) is 2.51. The predicted octanol–water partition coefficient (Wildman–Crippen LogP) is 1.46. The van der Waals surface area contributed by atoms with Crippen LogP contribution < -0.4 is 15.8 Å². The van der Waals surface area contributed by atoms with E-state index in [2.05, 4.69) is 5.32 Å². The highest BCUT2D eigenvalue weighted by molar-refractivity contribution is 5.81.